The van der Waals surface area contributed by atoms with Gasteiger partial charge in [0.2, 0.25) is 0 Å². The number of aryl methyl sites for hydroxylation is 2. The van der Waals surface area contributed by atoms with Crippen LogP contribution in [0.3, 0.4) is 0 Å². The van der Waals surface area contributed by atoms with Gasteiger partial charge in [0.1, 0.15) is 0 Å². The Morgan fingerprint density at radius 3 is 2.92 bits per heavy atom. The van der Waals surface area contributed by atoms with Gasteiger partial charge in [0.25, 0.3) is 0 Å². The molecular formula is C20H25N5O. The highest BCUT2D eigenvalue weighted by Crippen LogP contribution is 2.38. The number of nitrogens with zero attached hydrogens (tertiary/aromatic N) is 4. The number of carbonyl (C=O) groups excluding carboxylic acids is 1. The van der Waals surface area contributed by atoms with E-state index >= 15 is 0 Å². The normalized spacial score (nSPS) is 21.6. The summed E-state index contributed by atoms with van der Waals surface area (Å²) in [5, 5.41) is 7.36. The van der Waals surface area contributed by atoms with E-state index in [-0.39, 0.29) is 18.1 Å². The van der Waals surface area contributed by atoms with Crippen molar-refractivity contribution >= 4 is 11.6 Å². The van der Waals surface area contributed by atoms with Gasteiger partial charge in [-0.3, -0.25) is 9.67 Å². The number of hydrogen-bond donors (Lipinski definition) is 1. The molecule has 0 aliphatic carbocycles. The lowest BCUT2D eigenvalue weighted by atomic mass is 9.99. The summed E-state index contributed by atoms with van der Waals surface area (Å²) in [6.07, 6.45) is 9.66. The van der Waals surface area contributed by atoms with Gasteiger partial charge < -0.3 is 10.2 Å². The van der Waals surface area contributed by atoms with E-state index in [4.69, 9.17) is 0 Å². The van der Waals surface area contributed by atoms with Gasteiger partial charge in [-0.05, 0) is 49.5 Å². The minimum absolute atomic E-state index is 0.0476. The first-order valence-corrected chi connectivity index (χ1v) is 9.29. The molecule has 2 amide bonds. The summed E-state index contributed by atoms with van der Waals surface area (Å²) in [5.41, 5.74) is 4.69. The predicted octanol–water partition coefficient (Wildman–Crippen LogP) is 2.70. The van der Waals surface area contributed by atoms with Crippen molar-refractivity contribution in [1.29, 1.82) is 0 Å². The predicted molar refractivity (Wildman–Crippen MR) is 101 cm³/mol. The summed E-state index contributed by atoms with van der Waals surface area (Å²) in [7, 11) is 1.97. The maximum absolute atomic E-state index is 12.7. The highest BCUT2D eigenvalue weighted by molar-refractivity contribution is 5.78. The molecule has 1 N–H and O–H groups in total. The average Bonchev–Trinajstić information content (AvgIpc) is 3.17. The Labute approximate surface area is 153 Å². The van der Waals surface area contributed by atoms with Crippen molar-refractivity contribution in [3.8, 4) is 0 Å². The largest absolute Gasteiger partial charge is 0.338 e. The van der Waals surface area contributed by atoms with Gasteiger partial charge in [-0.2, -0.15) is 5.10 Å². The molecule has 6 nitrogen and oxygen atoms in total. The molecule has 0 saturated carbocycles. The zero-order valence-corrected chi connectivity index (χ0v) is 15.4. The Hall–Kier alpha value is -2.63. The Morgan fingerprint density at radius 2 is 2.19 bits per heavy atom. The fourth-order valence-electron chi connectivity index (χ4n) is 4.18. The minimum atomic E-state index is 0.0476. The molecule has 26 heavy (non-hydrogen) atoms. The number of aromatic nitrogens is 3. The van der Waals surface area contributed by atoms with Crippen molar-refractivity contribution in [1.82, 2.24) is 25.0 Å². The third-order valence-corrected chi connectivity index (χ3v) is 5.54. The SMILES string of the molecule is Cc1cccnc1CCNC(=O)N1C2C=C(c3ccnn3C)CC1CC2. The molecule has 2 aliphatic heterocycles. The fraction of sp³-hybridized carbons (Fsp3) is 0.450. The van der Waals surface area contributed by atoms with Crippen LogP contribution in [0.25, 0.3) is 5.57 Å². The number of nitrogens with one attached hydrogen (secondary N) is 1. The van der Waals surface area contributed by atoms with Crippen LogP contribution >= 0.6 is 0 Å². The average molecular weight is 351 g/mol. The first-order chi connectivity index (χ1) is 12.6. The molecule has 0 spiro atoms. The van der Waals surface area contributed by atoms with Crippen molar-refractivity contribution in [2.24, 2.45) is 7.05 Å². The highest BCUT2D eigenvalue weighted by Gasteiger charge is 2.40. The van der Waals surface area contributed by atoms with Crippen LogP contribution < -0.4 is 5.32 Å². The first-order valence-electron chi connectivity index (χ1n) is 9.29. The lowest BCUT2D eigenvalue weighted by Gasteiger charge is -2.34. The summed E-state index contributed by atoms with van der Waals surface area (Å²) >= 11 is 0. The maximum atomic E-state index is 12.7. The Balaban J connectivity index is 1.39. The van der Waals surface area contributed by atoms with E-state index in [1.54, 1.807) is 6.20 Å². The van der Waals surface area contributed by atoms with E-state index in [2.05, 4.69) is 40.5 Å². The Bertz CT molecular complexity index is 840. The van der Waals surface area contributed by atoms with Gasteiger partial charge in [0.05, 0.1) is 11.7 Å². The van der Waals surface area contributed by atoms with Crippen molar-refractivity contribution in [3.05, 3.63) is 53.6 Å². The maximum Gasteiger partial charge on any atom is 0.318 e. The van der Waals surface area contributed by atoms with Crippen LogP contribution in [-0.4, -0.2) is 44.3 Å². The molecule has 2 bridgehead atoms. The summed E-state index contributed by atoms with van der Waals surface area (Å²) in [6.45, 7) is 2.67. The van der Waals surface area contributed by atoms with Gasteiger partial charge in [0, 0.05) is 44.1 Å². The molecule has 2 unspecified atom stereocenters. The number of carbonyl (C=O) groups is 1. The number of pyridine rings is 1. The van der Waals surface area contributed by atoms with Gasteiger partial charge in [-0.15, -0.1) is 0 Å². The zero-order valence-electron chi connectivity index (χ0n) is 15.4. The summed E-state index contributed by atoms with van der Waals surface area (Å²) in [6, 6.07) is 6.57. The van der Waals surface area contributed by atoms with Gasteiger partial charge in [-0.25, -0.2) is 4.79 Å². The quantitative estimate of drug-likeness (QED) is 0.921. The molecule has 2 atom stereocenters. The van der Waals surface area contributed by atoms with Gasteiger partial charge >= 0.3 is 6.03 Å². The second-order valence-corrected chi connectivity index (χ2v) is 7.19. The highest BCUT2D eigenvalue weighted by atomic mass is 16.2. The fourth-order valence-corrected chi connectivity index (χ4v) is 4.18. The van der Waals surface area contributed by atoms with E-state index in [9.17, 15) is 4.79 Å². The van der Waals surface area contributed by atoms with Crippen LogP contribution in [0.4, 0.5) is 4.79 Å². The third kappa shape index (κ3) is 3.11. The summed E-state index contributed by atoms with van der Waals surface area (Å²) in [5.74, 6) is 0. The second kappa shape index (κ2) is 6.94. The summed E-state index contributed by atoms with van der Waals surface area (Å²) in [4.78, 5) is 19.2. The van der Waals surface area contributed by atoms with Gasteiger partial charge in [-0.1, -0.05) is 12.1 Å². The third-order valence-electron chi connectivity index (χ3n) is 5.54. The van der Waals surface area contributed by atoms with Crippen LogP contribution in [0, 0.1) is 6.92 Å². The number of amides is 2. The second-order valence-electron chi connectivity index (χ2n) is 7.19. The van der Waals surface area contributed by atoms with Crippen LogP contribution in [0.1, 0.15) is 36.2 Å². The van der Waals surface area contributed by atoms with E-state index in [0.29, 0.717) is 6.54 Å². The number of rotatable bonds is 4. The molecular weight excluding hydrogens is 326 g/mol. The molecule has 4 heterocycles. The molecule has 2 aliphatic rings. The summed E-state index contributed by atoms with van der Waals surface area (Å²) < 4.78 is 1.91. The Kier molecular flexibility index (Phi) is 4.49. The van der Waals surface area contributed by atoms with E-state index in [1.807, 2.05) is 28.9 Å². The van der Waals surface area contributed by atoms with E-state index in [1.165, 1.54) is 11.1 Å². The number of urea groups is 1. The molecule has 2 aromatic heterocycles. The van der Waals surface area contributed by atoms with E-state index in [0.717, 1.165) is 37.1 Å². The van der Waals surface area contributed by atoms with Crippen molar-refractivity contribution in [3.63, 3.8) is 0 Å². The lowest BCUT2D eigenvalue weighted by molar-refractivity contribution is 0.180. The topological polar surface area (TPSA) is 63.1 Å². The molecule has 2 aromatic rings. The molecule has 1 fully saturated rings. The van der Waals surface area contributed by atoms with Crippen molar-refractivity contribution < 1.29 is 4.79 Å². The standard InChI is InChI=1S/C20H25N5O/c1-14-4-3-9-21-18(14)7-10-22-20(26)25-16-5-6-17(25)13-15(12-16)19-8-11-23-24(19)2/h3-4,8-9,11-12,16-17H,5-7,10,13H2,1-2H3,(H,22,26). The Morgan fingerprint density at radius 1 is 1.31 bits per heavy atom. The van der Waals surface area contributed by atoms with Crippen LogP contribution in [-0.2, 0) is 13.5 Å². The lowest BCUT2D eigenvalue weighted by Crippen LogP contribution is -2.48. The van der Waals surface area contributed by atoms with Crippen LogP contribution in [0.15, 0.2) is 36.7 Å². The molecule has 6 heteroatoms. The molecule has 4 rings (SSSR count). The number of hydrogen-bond acceptors (Lipinski definition) is 3. The molecule has 0 radical (unpaired) electrons. The molecule has 1 saturated heterocycles. The van der Waals surface area contributed by atoms with Crippen molar-refractivity contribution in [2.75, 3.05) is 6.54 Å². The monoisotopic (exact) mass is 351 g/mol. The van der Waals surface area contributed by atoms with E-state index < -0.39 is 0 Å². The molecule has 136 valence electrons. The minimum Gasteiger partial charge on any atom is -0.338 e. The first kappa shape index (κ1) is 16.8. The smallest absolute Gasteiger partial charge is 0.318 e. The number of fused-ring (bicyclic) bond motifs is 2. The van der Waals surface area contributed by atoms with Crippen molar-refractivity contribution in [2.45, 2.75) is 44.7 Å². The molecule has 0 aromatic carbocycles. The zero-order chi connectivity index (χ0) is 18.1. The van der Waals surface area contributed by atoms with Crippen LogP contribution in [0.2, 0.25) is 0 Å². The van der Waals surface area contributed by atoms with Gasteiger partial charge in [0.15, 0.2) is 0 Å². The van der Waals surface area contributed by atoms with Crippen LogP contribution in [0.5, 0.6) is 0 Å².